The van der Waals surface area contributed by atoms with Crippen LogP contribution in [-0.2, 0) is 10.0 Å². The molecule has 0 aromatic carbocycles. The average molecular weight is 177 g/mol. The second kappa shape index (κ2) is 3.11. The van der Waals surface area contributed by atoms with Crippen molar-refractivity contribution >= 4 is 10.0 Å². The maximum Gasteiger partial charge on any atom is 0.213 e. The zero-order valence-electron chi connectivity index (χ0n) is 7.08. The Kier molecular flexibility index (Phi) is 2.54. The molecule has 0 spiro atoms. The molecule has 11 heavy (non-hydrogen) atoms. The molecule has 1 atom stereocenters. The highest BCUT2D eigenvalue weighted by molar-refractivity contribution is 7.89. The van der Waals surface area contributed by atoms with Gasteiger partial charge in [-0.1, -0.05) is 6.92 Å². The first-order valence-corrected chi connectivity index (χ1v) is 5.65. The molecule has 1 aliphatic rings. The fourth-order valence-electron chi connectivity index (χ4n) is 1.33. The third-order valence-electron chi connectivity index (χ3n) is 2.14. The lowest BCUT2D eigenvalue weighted by atomic mass is 10.2. The molecule has 1 heterocycles. The van der Waals surface area contributed by atoms with E-state index in [0.717, 1.165) is 19.5 Å². The van der Waals surface area contributed by atoms with Crippen LogP contribution in [0.15, 0.2) is 0 Å². The van der Waals surface area contributed by atoms with Gasteiger partial charge < -0.3 is 0 Å². The van der Waals surface area contributed by atoms with Crippen LogP contribution < -0.4 is 0 Å². The maximum atomic E-state index is 11.3. The topological polar surface area (TPSA) is 37.4 Å². The molecule has 1 fully saturated rings. The van der Waals surface area contributed by atoms with E-state index in [0.29, 0.717) is 5.92 Å². The van der Waals surface area contributed by atoms with E-state index in [1.165, 1.54) is 0 Å². The van der Waals surface area contributed by atoms with E-state index in [1.54, 1.807) is 11.2 Å². The van der Waals surface area contributed by atoms with Crippen molar-refractivity contribution in [3.8, 4) is 0 Å². The third kappa shape index (κ3) is 1.93. The quantitative estimate of drug-likeness (QED) is 0.622. The lowest BCUT2D eigenvalue weighted by Gasteiger charge is -2.13. The minimum atomic E-state index is -2.90. The largest absolute Gasteiger partial charge is 0.213 e. The molecule has 3 nitrogen and oxygen atoms in total. The molecular formula is C7H15NO2S. The van der Waals surface area contributed by atoms with Crippen molar-refractivity contribution in [1.82, 2.24) is 4.31 Å². The summed E-state index contributed by atoms with van der Waals surface area (Å²) >= 11 is 0. The molecule has 1 rings (SSSR count). The summed E-state index contributed by atoms with van der Waals surface area (Å²) in [5, 5.41) is 0. The Hall–Kier alpha value is -0.0900. The molecule has 4 heteroatoms. The lowest BCUT2D eigenvalue weighted by Crippen LogP contribution is -2.29. The van der Waals surface area contributed by atoms with Crippen LogP contribution in [0.5, 0.6) is 0 Å². The highest BCUT2D eigenvalue weighted by atomic mass is 32.2. The van der Waals surface area contributed by atoms with Crippen molar-refractivity contribution in [3.63, 3.8) is 0 Å². The van der Waals surface area contributed by atoms with Crippen LogP contribution >= 0.6 is 0 Å². The highest BCUT2D eigenvalue weighted by Gasteiger charge is 2.27. The highest BCUT2D eigenvalue weighted by Crippen LogP contribution is 2.18. The van der Waals surface area contributed by atoms with Crippen molar-refractivity contribution in [2.45, 2.75) is 20.3 Å². The van der Waals surface area contributed by atoms with Crippen LogP contribution in [0.1, 0.15) is 20.3 Å². The summed E-state index contributed by atoms with van der Waals surface area (Å²) < 4.78 is 24.1. The van der Waals surface area contributed by atoms with E-state index in [9.17, 15) is 8.42 Å². The Balaban J connectivity index is 2.64. The van der Waals surface area contributed by atoms with Gasteiger partial charge in [-0.15, -0.1) is 0 Å². The summed E-state index contributed by atoms with van der Waals surface area (Å²) in [4.78, 5) is 0. The molecule has 0 N–H and O–H groups in total. The van der Waals surface area contributed by atoms with Crippen molar-refractivity contribution in [2.75, 3.05) is 18.8 Å². The minimum Gasteiger partial charge on any atom is -0.212 e. The van der Waals surface area contributed by atoms with Crippen LogP contribution in [0.3, 0.4) is 0 Å². The molecule has 0 aromatic heterocycles. The molecule has 0 saturated carbocycles. The van der Waals surface area contributed by atoms with Crippen LogP contribution in [0.2, 0.25) is 0 Å². The Morgan fingerprint density at radius 2 is 2.18 bits per heavy atom. The summed E-state index contributed by atoms with van der Waals surface area (Å²) in [6.07, 6.45) is 1.01. The van der Waals surface area contributed by atoms with Crippen LogP contribution in [-0.4, -0.2) is 31.6 Å². The molecule has 66 valence electrons. The van der Waals surface area contributed by atoms with E-state index in [-0.39, 0.29) is 5.75 Å². The van der Waals surface area contributed by atoms with E-state index in [1.807, 2.05) is 0 Å². The lowest BCUT2D eigenvalue weighted by molar-refractivity contribution is 0.465. The molecule has 0 aromatic rings. The van der Waals surface area contributed by atoms with E-state index < -0.39 is 10.0 Å². The predicted octanol–water partition coefficient (Wildman–Crippen LogP) is 0.678. The van der Waals surface area contributed by atoms with Gasteiger partial charge in [0.25, 0.3) is 0 Å². The van der Waals surface area contributed by atoms with Gasteiger partial charge in [0.2, 0.25) is 10.0 Å². The second-order valence-electron chi connectivity index (χ2n) is 3.15. The molecule has 1 aliphatic heterocycles. The second-order valence-corrected chi connectivity index (χ2v) is 5.41. The number of rotatable bonds is 2. The molecule has 1 unspecified atom stereocenters. The molecule has 0 radical (unpaired) electrons. The molecular weight excluding hydrogens is 162 g/mol. The van der Waals surface area contributed by atoms with Gasteiger partial charge in [0.15, 0.2) is 0 Å². The van der Waals surface area contributed by atoms with E-state index in [4.69, 9.17) is 0 Å². The average Bonchev–Trinajstić information content (AvgIpc) is 2.36. The van der Waals surface area contributed by atoms with Gasteiger partial charge in [-0.2, -0.15) is 0 Å². The Morgan fingerprint density at radius 1 is 1.55 bits per heavy atom. The zero-order valence-corrected chi connectivity index (χ0v) is 7.89. The van der Waals surface area contributed by atoms with Crippen LogP contribution in [0, 0.1) is 5.92 Å². The Bertz CT molecular complexity index is 223. The molecule has 0 aliphatic carbocycles. The summed E-state index contributed by atoms with van der Waals surface area (Å²) in [5.41, 5.74) is 0. The van der Waals surface area contributed by atoms with Crippen molar-refractivity contribution in [1.29, 1.82) is 0 Å². The monoisotopic (exact) mass is 177 g/mol. The molecule has 1 saturated heterocycles. The number of nitrogens with zero attached hydrogens (tertiary/aromatic N) is 1. The van der Waals surface area contributed by atoms with Crippen molar-refractivity contribution in [3.05, 3.63) is 0 Å². The van der Waals surface area contributed by atoms with Crippen LogP contribution in [0.4, 0.5) is 0 Å². The summed E-state index contributed by atoms with van der Waals surface area (Å²) in [5.74, 6) is 0.774. The van der Waals surface area contributed by atoms with Gasteiger partial charge in [0, 0.05) is 13.1 Å². The smallest absolute Gasteiger partial charge is 0.212 e. The first-order chi connectivity index (χ1) is 5.06. The fourth-order valence-corrected chi connectivity index (χ4v) is 2.56. The van der Waals surface area contributed by atoms with Gasteiger partial charge in [-0.05, 0) is 19.3 Å². The number of hydrogen-bond acceptors (Lipinski definition) is 2. The van der Waals surface area contributed by atoms with Gasteiger partial charge in [0.05, 0.1) is 5.75 Å². The van der Waals surface area contributed by atoms with Crippen LogP contribution in [0.25, 0.3) is 0 Å². The number of hydrogen-bond donors (Lipinski definition) is 0. The SMILES string of the molecule is CCS(=O)(=O)N1CCC(C)C1. The van der Waals surface area contributed by atoms with Crippen molar-refractivity contribution in [2.24, 2.45) is 5.92 Å². The van der Waals surface area contributed by atoms with E-state index >= 15 is 0 Å². The van der Waals surface area contributed by atoms with Gasteiger partial charge in [-0.25, -0.2) is 12.7 Å². The first kappa shape index (κ1) is 9.00. The third-order valence-corrected chi connectivity index (χ3v) is 3.99. The first-order valence-electron chi connectivity index (χ1n) is 4.04. The Morgan fingerprint density at radius 3 is 2.55 bits per heavy atom. The maximum absolute atomic E-state index is 11.3. The zero-order chi connectivity index (χ0) is 8.48. The normalized spacial score (nSPS) is 27.6. The standard InChI is InChI=1S/C7H15NO2S/c1-3-11(9,10)8-5-4-7(2)6-8/h7H,3-6H2,1-2H3. The Labute approximate surface area is 68.4 Å². The predicted molar refractivity (Wildman–Crippen MR) is 44.8 cm³/mol. The summed E-state index contributed by atoms with van der Waals surface area (Å²) in [6, 6.07) is 0. The van der Waals surface area contributed by atoms with Gasteiger partial charge in [-0.3, -0.25) is 0 Å². The minimum absolute atomic E-state index is 0.236. The summed E-state index contributed by atoms with van der Waals surface area (Å²) in [7, 11) is -2.90. The molecule has 0 amide bonds. The van der Waals surface area contributed by atoms with Crippen molar-refractivity contribution < 1.29 is 8.42 Å². The fraction of sp³-hybridized carbons (Fsp3) is 1.00. The number of sulfonamides is 1. The van der Waals surface area contributed by atoms with E-state index in [2.05, 4.69) is 6.92 Å². The molecule has 0 bridgehead atoms. The van der Waals surface area contributed by atoms with Gasteiger partial charge in [0.1, 0.15) is 0 Å². The summed E-state index contributed by atoms with van der Waals surface area (Å²) in [6.45, 7) is 5.22. The van der Waals surface area contributed by atoms with Gasteiger partial charge >= 0.3 is 0 Å².